The molecule has 0 bridgehead atoms. The summed E-state index contributed by atoms with van der Waals surface area (Å²) in [6.07, 6.45) is 2.57. The monoisotopic (exact) mass is 250 g/mol. The average molecular weight is 251 g/mol. The summed E-state index contributed by atoms with van der Waals surface area (Å²) >= 11 is 0. The van der Waals surface area contributed by atoms with Crippen LogP contribution in [-0.2, 0) is 14.3 Å². The Morgan fingerprint density at radius 3 is 2.62 bits per heavy atom. The number of carbonyl (C=O) groups excluding carboxylic acids is 2. The van der Waals surface area contributed by atoms with Crippen LogP contribution >= 0.6 is 12.4 Å². The first kappa shape index (κ1) is 15.2. The highest BCUT2D eigenvalue weighted by Crippen LogP contribution is 2.22. The lowest BCUT2D eigenvalue weighted by Gasteiger charge is -2.26. The maximum Gasteiger partial charge on any atom is 0.325 e. The van der Waals surface area contributed by atoms with Crippen LogP contribution in [0.25, 0.3) is 0 Å². The van der Waals surface area contributed by atoms with Crippen LogP contribution in [0.3, 0.4) is 0 Å². The van der Waals surface area contributed by atoms with Gasteiger partial charge in [0.2, 0.25) is 5.91 Å². The number of amides is 1. The molecule has 1 aliphatic heterocycles. The lowest BCUT2D eigenvalue weighted by Crippen LogP contribution is -2.54. The highest BCUT2D eigenvalue weighted by molar-refractivity contribution is 5.89. The number of hydrogen-bond acceptors (Lipinski definition) is 4. The van der Waals surface area contributed by atoms with Crippen molar-refractivity contribution in [3.8, 4) is 0 Å². The summed E-state index contributed by atoms with van der Waals surface area (Å²) in [5.41, 5.74) is -0.478. The minimum absolute atomic E-state index is 0. The minimum atomic E-state index is -0.478. The molecule has 0 aromatic carbocycles. The van der Waals surface area contributed by atoms with E-state index in [9.17, 15) is 9.59 Å². The highest BCUT2D eigenvalue weighted by atomic mass is 35.5. The van der Waals surface area contributed by atoms with Gasteiger partial charge in [0.25, 0.3) is 0 Å². The van der Waals surface area contributed by atoms with Gasteiger partial charge in [0.05, 0.1) is 12.6 Å². The van der Waals surface area contributed by atoms with Crippen molar-refractivity contribution in [1.29, 1.82) is 0 Å². The van der Waals surface area contributed by atoms with Crippen molar-refractivity contribution >= 4 is 24.3 Å². The van der Waals surface area contributed by atoms with Crippen LogP contribution in [0.2, 0.25) is 0 Å². The predicted molar refractivity (Wildman–Crippen MR) is 62.5 cm³/mol. The van der Waals surface area contributed by atoms with E-state index in [0.29, 0.717) is 0 Å². The van der Waals surface area contributed by atoms with E-state index in [4.69, 9.17) is 0 Å². The molecule has 1 aliphatic rings. The third-order valence-corrected chi connectivity index (χ3v) is 2.90. The Hall–Kier alpha value is -0.810. The van der Waals surface area contributed by atoms with Crippen LogP contribution in [-0.4, -0.2) is 37.6 Å². The standard InChI is InChI=1S/C10H18N2O3.ClH/c1-3-10(5-4-6-12-10)9(14)11-7-8(13)15-2;/h12H,3-7H2,1-2H3,(H,11,14);1H. The number of hydrogen-bond donors (Lipinski definition) is 2. The van der Waals surface area contributed by atoms with E-state index in [1.54, 1.807) is 0 Å². The van der Waals surface area contributed by atoms with Gasteiger partial charge in [-0.15, -0.1) is 12.4 Å². The molecule has 1 unspecified atom stereocenters. The second kappa shape index (κ2) is 6.70. The molecule has 0 aliphatic carbocycles. The van der Waals surface area contributed by atoms with Crippen LogP contribution in [0.15, 0.2) is 0 Å². The summed E-state index contributed by atoms with van der Waals surface area (Å²) in [5, 5.41) is 5.79. The number of methoxy groups -OCH3 is 1. The number of carbonyl (C=O) groups is 2. The molecule has 0 saturated carbocycles. The Labute approximate surface area is 102 Å². The second-order valence-electron chi connectivity index (χ2n) is 3.72. The maximum absolute atomic E-state index is 11.8. The van der Waals surface area contributed by atoms with E-state index in [2.05, 4.69) is 15.4 Å². The molecule has 6 heteroatoms. The smallest absolute Gasteiger partial charge is 0.325 e. The molecule has 1 amide bonds. The molecule has 94 valence electrons. The van der Waals surface area contributed by atoms with Crippen molar-refractivity contribution < 1.29 is 14.3 Å². The fourth-order valence-electron chi connectivity index (χ4n) is 1.86. The van der Waals surface area contributed by atoms with Gasteiger partial charge < -0.3 is 15.4 Å². The molecule has 1 rings (SSSR count). The van der Waals surface area contributed by atoms with Gasteiger partial charge in [-0.3, -0.25) is 9.59 Å². The molecule has 1 saturated heterocycles. The van der Waals surface area contributed by atoms with Crippen molar-refractivity contribution in [2.24, 2.45) is 0 Å². The topological polar surface area (TPSA) is 67.4 Å². The van der Waals surface area contributed by atoms with Gasteiger partial charge >= 0.3 is 5.97 Å². The zero-order valence-electron chi connectivity index (χ0n) is 9.67. The number of esters is 1. The fourth-order valence-corrected chi connectivity index (χ4v) is 1.86. The number of rotatable bonds is 4. The van der Waals surface area contributed by atoms with Gasteiger partial charge in [-0.05, 0) is 25.8 Å². The number of halogens is 1. The van der Waals surface area contributed by atoms with Crippen molar-refractivity contribution in [2.75, 3.05) is 20.2 Å². The van der Waals surface area contributed by atoms with Gasteiger partial charge in [-0.1, -0.05) is 6.92 Å². The van der Waals surface area contributed by atoms with Gasteiger partial charge in [0, 0.05) is 0 Å². The first-order chi connectivity index (χ1) is 7.14. The van der Waals surface area contributed by atoms with Crippen molar-refractivity contribution in [2.45, 2.75) is 31.7 Å². The molecule has 0 spiro atoms. The lowest BCUT2D eigenvalue weighted by molar-refractivity contribution is -0.142. The van der Waals surface area contributed by atoms with E-state index < -0.39 is 11.5 Å². The van der Waals surface area contributed by atoms with Gasteiger partial charge in [-0.2, -0.15) is 0 Å². The molecule has 5 nitrogen and oxygen atoms in total. The number of ether oxygens (including phenoxy) is 1. The molecule has 2 N–H and O–H groups in total. The normalized spacial score (nSPS) is 23.4. The molecule has 1 atom stereocenters. The van der Waals surface area contributed by atoms with Crippen LogP contribution in [0, 0.1) is 0 Å². The van der Waals surface area contributed by atoms with Crippen molar-refractivity contribution in [3.63, 3.8) is 0 Å². The first-order valence-corrected chi connectivity index (χ1v) is 5.25. The molecule has 1 fully saturated rings. The first-order valence-electron chi connectivity index (χ1n) is 5.25. The summed E-state index contributed by atoms with van der Waals surface area (Å²) in [7, 11) is 1.30. The van der Waals surface area contributed by atoms with E-state index in [1.165, 1.54) is 7.11 Å². The quantitative estimate of drug-likeness (QED) is 0.701. The summed E-state index contributed by atoms with van der Waals surface area (Å²) in [6.45, 7) is 2.77. The molecule has 0 aromatic rings. The summed E-state index contributed by atoms with van der Waals surface area (Å²) in [6, 6.07) is 0. The SMILES string of the molecule is CCC1(C(=O)NCC(=O)OC)CCCN1.Cl. The third kappa shape index (κ3) is 3.35. The van der Waals surface area contributed by atoms with Crippen molar-refractivity contribution in [1.82, 2.24) is 10.6 Å². The van der Waals surface area contributed by atoms with Crippen LogP contribution < -0.4 is 10.6 Å². The Kier molecular flexibility index (Phi) is 6.36. The fraction of sp³-hybridized carbons (Fsp3) is 0.800. The molecule has 1 heterocycles. The van der Waals surface area contributed by atoms with E-state index in [1.807, 2.05) is 6.92 Å². The maximum atomic E-state index is 11.8. The molecule has 16 heavy (non-hydrogen) atoms. The zero-order chi connectivity index (χ0) is 11.3. The summed E-state index contributed by atoms with van der Waals surface area (Å²) in [4.78, 5) is 22.7. The van der Waals surface area contributed by atoms with E-state index in [0.717, 1.165) is 25.8 Å². The Bertz CT molecular complexity index is 252. The lowest BCUT2D eigenvalue weighted by atomic mass is 9.93. The zero-order valence-corrected chi connectivity index (χ0v) is 10.5. The number of nitrogens with one attached hydrogen (secondary N) is 2. The van der Waals surface area contributed by atoms with Crippen LogP contribution in [0.1, 0.15) is 26.2 Å². The average Bonchev–Trinajstić information content (AvgIpc) is 2.75. The third-order valence-electron chi connectivity index (χ3n) is 2.90. The van der Waals surface area contributed by atoms with Crippen molar-refractivity contribution in [3.05, 3.63) is 0 Å². The Balaban J connectivity index is 0.00000225. The largest absolute Gasteiger partial charge is 0.468 e. The Morgan fingerprint density at radius 1 is 1.50 bits per heavy atom. The summed E-state index contributed by atoms with van der Waals surface area (Å²) < 4.78 is 4.46. The van der Waals surface area contributed by atoms with Crippen LogP contribution in [0.5, 0.6) is 0 Å². The molecule has 0 radical (unpaired) electrons. The van der Waals surface area contributed by atoms with Crippen LogP contribution in [0.4, 0.5) is 0 Å². The highest BCUT2D eigenvalue weighted by Gasteiger charge is 2.38. The predicted octanol–water partition coefficient (Wildman–Crippen LogP) is 0.230. The second-order valence-corrected chi connectivity index (χ2v) is 3.72. The van der Waals surface area contributed by atoms with Gasteiger partial charge in [0.1, 0.15) is 6.54 Å². The Morgan fingerprint density at radius 2 is 2.19 bits per heavy atom. The molecule has 0 aromatic heterocycles. The van der Waals surface area contributed by atoms with E-state index >= 15 is 0 Å². The van der Waals surface area contributed by atoms with Gasteiger partial charge in [-0.25, -0.2) is 0 Å². The molecular weight excluding hydrogens is 232 g/mol. The minimum Gasteiger partial charge on any atom is -0.468 e. The summed E-state index contributed by atoms with van der Waals surface area (Å²) in [5.74, 6) is -0.527. The van der Waals surface area contributed by atoms with E-state index in [-0.39, 0.29) is 24.9 Å². The molecular formula is C10H19ClN2O3. The van der Waals surface area contributed by atoms with Gasteiger partial charge in [0.15, 0.2) is 0 Å².